The number of nitrogens with one attached hydrogen (secondary N) is 2. The van der Waals surface area contributed by atoms with Crippen molar-refractivity contribution in [2.75, 3.05) is 10.6 Å². The SMILES string of the molecule is O=C1C[C@@H](C(=O)Nc2ccc(F)cc2)n2ncc(-c3ccc(F)cc3)c2N1. The van der Waals surface area contributed by atoms with Crippen molar-refractivity contribution in [3.8, 4) is 11.1 Å². The van der Waals surface area contributed by atoms with Crippen LogP contribution in [0.25, 0.3) is 11.1 Å². The zero-order valence-electron chi connectivity index (χ0n) is 13.9. The number of halogens is 2. The maximum atomic E-state index is 13.2. The van der Waals surface area contributed by atoms with Crippen molar-refractivity contribution in [3.05, 3.63) is 66.4 Å². The van der Waals surface area contributed by atoms with E-state index in [1.54, 1.807) is 12.1 Å². The number of carbonyl (C=O) groups is 2. The van der Waals surface area contributed by atoms with E-state index in [0.717, 1.165) is 0 Å². The molecular formula is C19H14F2N4O2. The van der Waals surface area contributed by atoms with Gasteiger partial charge in [-0.1, -0.05) is 12.1 Å². The van der Waals surface area contributed by atoms with E-state index < -0.39 is 17.8 Å². The summed E-state index contributed by atoms with van der Waals surface area (Å²) in [5, 5.41) is 9.61. The molecule has 4 rings (SSSR count). The summed E-state index contributed by atoms with van der Waals surface area (Å²) in [6.07, 6.45) is 1.44. The molecule has 1 aliphatic rings. The molecule has 0 bridgehead atoms. The lowest BCUT2D eigenvalue weighted by Crippen LogP contribution is -2.35. The summed E-state index contributed by atoms with van der Waals surface area (Å²) in [6, 6.07) is 10.2. The van der Waals surface area contributed by atoms with E-state index in [1.807, 2.05) is 0 Å². The van der Waals surface area contributed by atoms with Gasteiger partial charge in [0, 0.05) is 11.3 Å². The van der Waals surface area contributed by atoms with E-state index in [2.05, 4.69) is 15.7 Å². The molecule has 1 atom stereocenters. The van der Waals surface area contributed by atoms with Gasteiger partial charge in [0.05, 0.1) is 12.6 Å². The van der Waals surface area contributed by atoms with Crippen LogP contribution in [0.4, 0.5) is 20.3 Å². The van der Waals surface area contributed by atoms with Crippen molar-refractivity contribution < 1.29 is 18.4 Å². The zero-order valence-corrected chi connectivity index (χ0v) is 13.9. The summed E-state index contributed by atoms with van der Waals surface area (Å²) >= 11 is 0. The van der Waals surface area contributed by atoms with Crippen LogP contribution in [0.1, 0.15) is 12.5 Å². The van der Waals surface area contributed by atoms with Gasteiger partial charge in [-0.05, 0) is 42.0 Å². The molecule has 0 fully saturated rings. The smallest absolute Gasteiger partial charge is 0.249 e. The second-order valence-corrected chi connectivity index (χ2v) is 6.12. The van der Waals surface area contributed by atoms with Crippen molar-refractivity contribution in [1.82, 2.24) is 9.78 Å². The number of anilines is 2. The molecule has 136 valence electrons. The summed E-state index contributed by atoms with van der Waals surface area (Å²) in [5.41, 5.74) is 1.67. The Morgan fingerprint density at radius 2 is 1.70 bits per heavy atom. The van der Waals surface area contributed by atoms with Crippen LogP contribution >= 0.6 is 0 Å². The number of aromatic nitrogens is 2. The molecule has 0 saturated carbocycles. The van der Waals surface area contributed by atoms with Gasteiger partial charge >= 0.3 is 0 Å². The molecule has 1 aliphatic heterocycles. The summed E-state index contributed by atoms with van der Waals surface area (Å²) in [6.45, 7) is 0. The number of amides is 2. The van der Waals surface area contributed by atoms with Gasteiger partial charge in [-0.3, -0.25) is 9.59 Å². The first-order chi connectivity index (χ1) is 13.0. The highest BCUT2D eigenvalue weighted by Crippen LogP contribution is 2.34. The van der Waals surface area contributed by atoms with Gasteiger partial charge in [-0.15, -0.1) is 0 Å². The van der Waals surface area contributed by atoms with Gasteiger partial charge in [0.15, 0.2) is 0 Å². The van der Waals surface area contributed by atoms with Gasteiger partial charge in [0.1, 0.15) is 23.5 Å². The average molecular weight is 368 g/mol. The van der Waals surface area contributed by atoms with E-state index in [4.69, 9.17) is 0 Å². The lowest BCUT2D eigenvalue weighted by Gasteiger charge is -2.24. The van der Waals surface area contributed by atoms with Crippen LogP contribution in [-0.4, -0.2) is 21.6 Å². The fourth-order valence-corrected chi connectivity index (χ4v) is 2.97. The minimum Gasteiger partial charge on any atom is -0.324 e. The molecule has 0 aliphatic carbocycles. The highest BCUT2D eigenvalue weighted by Gasteiger charge is 2.33. The molecule has 2 N–H and O–H groups in total. The minimum atomic E-state index is -0.854. The fourth-order valence-electron chi connectivity index (χ4n) is 2.97. The van der Waals surface area contributed by atoms with Crippen LogP contribution in [0.3, 0.4) is 0 Å². The maximum absolute atomic E-state index is 13.2. The van der Waals surface area contributed by atoms with Gasteiger partial charge < -0.3 is 10.6 Å². The Hall–Kier alpha value is -3.55. The molecule has 1 aromatic heterocycles. The molecule has 2 amide bonds. The van der Waals surface area contributed by atoms with Crippen molar-refractivity contribution in [1.29, 1.82) is 0 Å². The van der Waals surface area contributed by atoms with Gasteiger partial charge in [-0.25, -0.2) is 13.5 Å². The second kappa shape index (κ2) is 6.64. The fraction of sp³-hybridized carbons (Fsp3) is 0.105. The number of fused-ring (bicyclic) bond motifs is 1. The van der Waals surface area contributed by atoms with Crippen LogP contribution in [0.2, 0.25) is 0 Å². The molecular weight excluding hydrogens is 354 g/mol. The van der Waals surface area contributed by atoms with Crippen molar-refractivity contribution >= 4 is 23.3 Å². The van der Waals surface area contributed by atoms with E-state index in [1.165, 1.54) is 47.3 Å². The van der Waals surface area contributed by atoms with Crippen LogP contribution < -0.4 is 10.6 Å². The maximum Gasteiger partial charge on any atom is 0.249 e. The number of carbonyl (C=O) groups excluding carboxylic acids is 2. The molecule has 27 heavy (non-hydrogen) atoms. The number of hydrogen-bond acceptors (Lipinski definition) is 3. The van der Waals surface area contributed by atoms with Crippen molar-refractivity contribution in [3.63, 3.8) is 0 Å². The quantitative estimate of drug-likeness (QED) is 0.744. The van der Waals surface area contributed by atoms with Crippen LogP contribution in [-0.2, 0) is 9.59 Å². The average Bonchev–Trinajstić information content (AvgIpc) is 3.07. The Balaban J connectivity index is 1.65. The largest absolute Gasteiger partial charge is 0.324 e. The topological polar surface area (TPSA) is 76.0 Å². The predicted molar refractivity (Wildman–Crippen MR) is 94.9 cm³/mol. The molecule has 6 nitrogen and oxygen atoms in total. The lowest BCUT2D eigenvalue weighted by atomic mass is 10.1. The first kappa shape index (κ1) is 16.9. The molecule has 0 radical (unpaired) electrons. The molecule has 0 unspecified atom stereocenters. The Morgan fingerprint density at radius 1 is 1.07 bits per heavy atom. The second-order valence-electron chi connectivity index (χ2n) is 6.12. The molecule has 8 heteroatoms. The zero-order chi connectivity index (χ0) is 19.0. The Morgan fingerprint density at radius 3 is 2.37 bits per heavy atom. The highest BCUT2D eigenvalue weighted by atomic mass is 19.1. The molecule has 0 saturated heterocycles. The Labute approximate surface area is 152 Å². The molecule has 2 heterocycles. The third kappa shape index (κ3) is 3.29. The predicted octanol–water partition coefficient (Wildman–Crippen LogP) is 3.35. The Bertz CT molecular complexity index is 1010. The summed E-state index contributed by atoms with van der Waals surface area (Å²) < 4.78 is 27.6. The van der Waals surface area contributed by atoms with E-state index >= 15 is 0 Å². The summed E-state index contributed by atoms with van der Waals surface area (Å²) in [4.78, 5) is 24.8. The monoisotopic (exact) mass is 368 g/mol. The third-order valence-corrected chi connectivity index (χ3v) is 4.30. The van der Waals surface area contributed by atoms with E-state index in [-0.39, 0.29) is 18.1 Å². The van der Waals surface area contributed by atoms with Crippen LogP contribution in [0.15, 0.2) is 54.7 Å². The standard InChI is InChI=1S/C19H14F2N4O2/c20-12-3-1-11(2-4-12)15-10-22-25-16(9-17(26)24-18(15)25)19(27)23-14-7-5-13(21)6-8-14/h1-8,10,16H,9H2,(H,23,27)(H,24,26)/t16-/m0/s1. The lowest BCUT2D eigenvalue weighted by molar-refractivity contribution is -0.125. The van der Waals surface area contributed by atoms with Gasteiger partial charge in [-0.2, -0.15) is 5.10 Å². The highest BCUT2D eigenvalue weighted by molar-refractivity contribution is 6.03. The van der Waals surface area contributed by atoms with E-state index in [9.17, 15) is 18.4 Å². The summed E-state index contributed by atoms with van der Waals surface area (Å²) in [7, 11) is 0. The minimum absolute atomic E-state index is 0.0788. The van der Waals surface area contributed by atoms with Gasteiger partial charge in [0.2, 0.25) is 11.8 Å². The van der Waals surface area contributed by atoms with Gasteiger partial charge in [0.25, 0.3) is 0 Å². The summed E-state index contributed by atoms with van der Waals surface area (Å²) in [5.74, 6) is -1.18. The molecule has 2 aromatic carbocycles. The normalized spacial score (nSPS) is 15.8. The molecule has 3 aromatic rings. The number of rotatable bonds is 3. The number of hydrogen-bond donors (Lipinski definition) is 2. The van der Waals surface area contributed by atoms with Crippen molar-refractivity contribution in [2.24, 2.45) is 0 Å². The van der Waals surface area contributed by atoms with Crippen molar-refractivity contribution in [2.45, 2.75) is 12.5 Å². The third-order valence-electron chi connectivity index (χ3n) is 4.30. The molecule has 0 spiro atoms. The first-order valence-electron chi connectivity index (χ1n) is 8.21. The van der Waals surface area contributed by atoms with Crippen LogP contribution in [0.5, 0.6) is 0 Å². The van der Waals surface area contributed by atoms with E-state index in [0.29, 0.717) is 22.6 Å². The van der Waals surface area contributed by atoms with Crippen LogP contribution in [0, 0.1) is 11.6 Å². The Kier molecular flexibility index (Phi) is 4.15. The first-order valence-corrected chi connectivity index (χ1v) is 8.21. The number of nitrogens with zero attached hydrogens (tertiary/aromatic N) is 2. The number of benzene rings is 2.